The maximum absolute atomic E-state index is 12.7. The van der Waals surface area contributed by atoms with Crippen LogP contribution in [0, 0.1) is 5.92 Å². The lowest BCUT2D eigenvalue weighted by molar-refractivity contribution is -0.130. The van der Waals surface area contributed by atoms with Crippen LogP contribution in [0.15, 0.2) is 42.7 Å². The number of rotatable bonds is 5. The zero-order valence-corrected chi connectivity index (χ0v) is 15.6. The molecule has 2 aromatic rings. The van der Waals surface area contributed by atoms with Crippen molar-refractivity contribution >= 4 is 11.7 Å². The van der Waals surface area contributed by atoms with Crippen LogP contribution in [0.3, 0.4) is 0 Å². The Hall–Kier alpha value is -2.47. The molecule has 138 valence electrons. The zero-order valence-electron chi connectivity index (χ0n) is 15.6. The Morgan fingerprint density at radius 3 is 2.85 bits per heavy atom. The minimum atomic E-state index is 0.196. The third-order valence-corrected chi connectivity index (χ3v) is 4.69. The van der Waals surface area contributed by atoms with Crippen LogP contribution in [0.4, 0.5) is 5.82 Å². The smallest absolute Gasteiger partial charge is 0.227 e. The van der Waals surface area contributed by atoms with E-state index in [9.17, 15) is 4.79 Å². The number of nitrogens with one attached hydrogen (secondary N) is 1. The number of hydrogen-bond donors (Lipinski definition) is 1. The van der Waals surface area contributed by atoms with Crippen LogP contribution >= 0.6 is 0 Å². The third kappa shape index (κ3) is 5.02. The maximum Gasteiger partial charge on any atom is 0.227 e. The highest BCUT2D eigenvalue weighted by molar-refractivity contribution is 5.78. The van der Waals surface area contributed by atoms with Gasteiger partial charge in [-0.1, -0.05) is 30.3 Å². The van der Waals surface area contributed by atoms with Gasteiger partial charge < -0.3 is 15.1 Å². The van der Waals surface area contributed by atoms with E-state index in [0.29, 0.717) is 12.3 Å². The zero-order chi connectivity index (χ0) is 18.4. The van der Waals surface area contributed by atoms with Crippen LogP contribution in [-0.4, -0.2) is 61.0 Å². The quantitative estimate of drug-likeness (QED) is 0.880. The van der Waals surface area contributed by atoms with E-state index in [-0.39, 0.29) is 5.91 Å². The van der Waals surface area contributed by atoms with Gasteiger partial charge in [-0.2, -0.15) is 0 Å². The summed E-state index contributed by atoms with van der Waals surface area (Å²) >= 11 is 0. The first-order chi connectivity index (χ1) is 12.6. The summed E-state index contributed by atoms with van der Waals surface area (Å²) in [5, 5.41) is 3.46. The molecule has 1 aliphatic heterocycles. The molecule has 0 saturated carbocycles. The van der Waals surface area contributed by atoms with Gasteiger partial charge in [0.1, 0.15) is 12.1 Å². The van der Waals surface area contributed by atoms with Gasteiger partial charge in [0.15, 0.2) is 0 Å². The summed E-state index contributed by atoms with van der Waals surface area (Å²) in [5.74, 6) is 1.46. The van der Waals surface area contributed by atoms with Crippen LogP contribution in [0.2, 0.25) is 0 Å². The number of carbonyl (C=O) groups excluding carboxylic acids is 1. The summed E-state index contributed by atoms with van der Waals surface area (Å²) in [5.41, 5.74) is 2.09. The Labute approximate surface area is 155 Å². The Kier molecular flexibility index (Phi) is 6.17. The minimum Gasteiger partial charge on any atom is -0.363 e. The Morgan fingerprint density at radius 1 is 1.27 bits per heavy atom. The van der Waals surface area contributed by atoms with Gasteiger partial charge in [0.25, 0.3) is 0 Å². The molecular weight excluding hydrogens is 326 g/mol. The average molecular weight is 353 g/mol. The van der Waals surface area contributed by atoms with Crippen molar-refractivity contribution in [3.8, 4) is 0 Å². The number of anilines is 1. The molecule has 1 saturated heterocycles. The molecule has 0 aliphatic carbocycles. The van der Waals surface area contributed by atoms with E-state index >= 15 is 0 Å². The van der Waals surface area contributed by atoms with Crippen LogP contribution in [0.25, 0.3) is 0 Å². The summed E-state index contributed by atoms with van der Waals surface area (Å²) < 4.78 is 0. The van der Waals surface area contributed by atoms with E-state index in [1.165, 1.54) is 0 Å². The second-order valence-corrected chi connectivity index (χ2v) is 7.04. The Bertz CT molecular complexity index is 719. The van der Waals surface area contributed by atoms with Gasteiger partial charge >= 0.3 is 0 Å². The van der Waals surface area contributed by atoms with Crippen LogP contribution in [-0.2, 0) is 17.6 Å². The molecule has 1 fully saturated rings. The fourth-order valence-corrected chi connectivity index (χ4v) is 3.27. The molecular formula is C20H27N5O. The molecule has 6 heteroatoms. The van der Waals surface area contributed by atoms with Crippen molar-refractivity contribution in [3.63, 3.8) is 0 Å². The highest BCUT2D eigenvalue weighted by atomic mass is 16.2. The number of nitrogens with zero attached hydrogens (tertiary/aromatic N) is 4. The molecule has 6 nitrogen and oxygen atoms in total. The molecule has 0 bridgehead atoms. The molecule has 1 amide bonds. The lowest BCUT2D eigenvalue weighted by Gasteiger charge is -2.24. The van der Waals surface area contributed by atoms with Gasteiger partial charge in [-0.05, 0) is 17.9 Å². The normalized spacial score (nSPS) is 17.6. The predicted molar refractivity (Wildman–Crippen MR) is 103 cm³/mol. The van der Waals surface area contributed by atoms with Gasteiger partial charge in [-0.15, -0.1) is 0 Å². The SMILES string of the molecule is CN(C)c1cc(C[C@H]2CNCCN(C(=O)Cc3ccccc3)C2)ncn1. The van der Waals surface area contributed by atoms with Gasteiger partial charge in [0.05, 0.1) is 6.42 Å². The lowest BCUT2D eigenvalue weighted by atomic mass is 10.0. The van der Waals surface area contributed by atoms with Crippen molar-refractivity contribution in [1.82, 2.24) is 20.2 Å². The van der Waals surface area contributed by atoms with E-state index in [1.807, 2.05) is 60.3 Å². The number of aromatic nitrogens is 2. The fourth-order valence-electron chi connectivity index (χ4n) is 3.27. The van der Waals surface area contributed by atoms with Gasteiger partial charge in [0, 0.05) is 52.0 Å². The third-order valence-electron chi connectivity index (χ3n) is 4.69. The topological polar surface area (TPSA) is 61.4 Å². The molecule has 1 aliphatic rings. The molecule has 26 heavy (non-hydrogen) atoms. The highest BCUT2D eigenvalue weighted by Gasteiger charge is 2.22. The van der Waals surface area contributed by atoms with Gasteiger partial charge in [0.2, 0.25) is 5.91 Å². The van der Waals surface area contributed by atoms with Crippen molar-refractivity contribution in [3.05, 3.63) is 54.0 Å². The van der Waals surface area contributed by atoms with E-state index in [0.717, 1.165) is 49.7 Å². The molecule has 2 heterocycles. The van der Waals surface area contributed by atoms with Gasteiger partial charge in [-0.3, -0.25) is 4.79 Å². The van der Waals surface area contributed by atoms with Crippen molar-refractivity contribution in [2.45, 2.75) is 12.8 Å². The molecule has 1 aromatic carbocycles. The van der Waals surface area contributed by atoms with Gasteiger partial charge in [-0.25, -0.2) is 9.97 Å². The van der Waals surface area contributed by atoms with E-state index in [4.69, 9.17) is 0 Å². The molecule has 0 spiro atoms. The Balaban J connectivity index is 1.63. The van der Waals surface area contributed by atoms with Crippen LogP contribution in [0.1, 0.15) is 11.3 Å². The van der Waals surface area contributed by atoms with E-state index < -0.39 is 0 Å². The highest BCUT2D eigenvalue weighted by Crippen LogP contribution is 2.15. The van der Waals surface area contributed by atoms with Crippen LogP contribution < -0.4 is 10.2 Å². The van der Waals surface area contributed by atoms with Crippen LogP contribution in [0.5, 0.6) is 0 Å². The summed E-state index contributed by atoms with van der Waals surface area (Å²) in [4.78, 5) is 25.4. The molecule has 0 radical (unpaired) electrons. The summed E-state index contributed by atoms with van der Waals surface area (Å²) in [6, 6.07) is 12.0. The first-order valence-corrected chi connectivity index (χ1v) is 9.12. The fraction of sp³-hybridized carbons (Fsp3) is 0.450. The number of benzene rings is 1. The average Bonchev–Trinajstić information content (AvgIpc) is 2.88. The molecule has 1 N–H and O–H groups in total. The van der Waals surface area contributed by atoms with Crippen molar-refractivity contribution in [2.75, 3.05) is 45.2 Å². The standard InChI is InChI=1S/C20H27N5O/c1-24(2)19-12-18(22-15-23-19)10-17-13-21-8-9-25(14-17)20(26)11-16-6-4-3-5-7-16/h3-7,12,15,17,21H,8-11,13-14H2,1-2H3/t17-/m0/s1. The molecule has 1 atom stereocenters. The van der Waals surface area contributed by atoms with E-state index in [2.05, 4.69) is 15.3 Å². The van der Waals surface area contributed by atoms with Crippen molar-refractivity contribution < 1.29 is 4.79 Å². The summed E-state index contributed by atoms with van der Waals surface area (Å²) in [6.45, 7) is 3.26. The lowest BCUT2D eigenvalue weighted by Crippen LogP contribution is -2.37. The van der Waals surface area contributed by atoms with E-state index in [1.54, 1.807) is 6.33 Å². The number of hydrogen-bond acceptors (Lipinski definition) is 5. The minimum absolute atomic E-state index is 0.196. The summed E-state index contributed by atoms with van der Waals surface area (Å²) in [6.07, 6.45) is 2.92. The first kappa shape index (κ1) is 18.3. The predicted octanol–water partition coefficient (Wildman–Crippen LogP) is 1.38. The number of amides is 1. The Morgan fingerprint density at radius 2 is 2.08 bits per heavy atom. The molecule has 0 unspecified atom stereocenters. The second kappa shape index (κ2) is 8.76. The summed E-state index contributed by atoms with van der Waals surface area (Å²) in [7, 11) is 3.95. The molecule has 1 aromatic heterocycles. The monoisotopic (exact) mass is 353 g/mol. The largest absolute Gasteiger partial charge is 0.363 e. The number of carbonyl (C=O) groups is 1. The maximum atomic E-state index is 12.7. The molecule has 3 rings (SSSR count). The van der Waals surface area contributed by atoms with Crippen molar-refractivity contribution in [2.24, 2.45) is 5.92 Å². The van der Waals surface area contributed by atoms with Crippen molar-refractivity contribution in [1.29, 1.82) is 0 Å². The first-order valence-electron chi connectivity index (χ1n) is 9.12. The second-order valence-electron chi connectivity index (χ2n) is 7.04.